The molecule has 0 saturated heterocycles. The van der Waals surface area contributed by atoms with Gasteiger partial charge >= 0.3 is 5.63 Å². The number of hydrogen-bond donors (Lipinski definition) is 0. The highest BCUT2D eigenvalue weighted by molar-refractivity contribution is 5.83. The van der Waals surface area contributed by atoms with Gasteiger partial charge in [0.15, 0.2) is 0 Å². The molecule has 1 fully saturated rings. The van der Waals surface area contributed by atoms with Crippen LogP contribution in [0.2, 0.25) is 0 Å². The Kier molecular flexibility index (Phi) is 3.24. The Morgan fingerprint density at radius 1 is 1.09 bits per heavy atom. The Hall–Kier alpha value is -1.77. The monoisotopic (exact) mass is 298 g/mol. The van der Waals surface area contributed by atoms with Crippen LogP contribution in [0.25, 0.3) is 11.0 Å². The van der Waals surface area contributed by atoms with Gasteiger partial charge in [-0.1, -0.05) is 13.3 Å². The third-order valence-corrected chi connectivity index (χ3v) is 5.33. The highest BCUT2D eigenvalue weighted by atomic mass is 16.5. The Labute approximate surface area is 130 Å². The molecule has 1 saturated carbocycles. The number of rotatable bonds is 1. The van der Waals surface area contributed by atoms with Crippen molar-refractivity contribution in [3.63, 3.8) is 0 Å². The molecule has 4 rings (SSSR count). The molecular weight excluding hydrogens is 276 g/mol. The van der Waals surface area contributed by atoms with Gasteiger partial charge in [-0.25, -0.2) is 4.79 Å². The van der Waals surface area contributed by atoms with Crippen LogP contribution in [0.1, 0.15) is 56.6 Å². The van der Waals surface area contributed by atoms with Gasteiger partial charge in [0.25, 0.3) is 0 Å². The Bertz CT molecular complexity index is 766. The van der Waals surface area contributed by atoms with E-state index in [2.05, 4.69) is 13.0 Å². The van der Waals surface area contributed by atoms with E-state index >= 15 is 0 Å². The van der Waals surface area contributed by atoms with E-state index < -0.39 is 0 Å². The van der Waals surface area contributed by atoms with Gasteiger partial charge in [0, 0.05) is 17.5 Å². The van der Waals surface area contributed by atoms with Crippen LogP contribution in [0.5, 0.6) is 5.75 Å². The Balaban J connectivity index is 1.81. The first-order valence-corrected chi connectivity index (χ1v) is 8.48. The molecule has 1 aromatic heterocycles. The fraction of sp³-hybridized carbons (Fsp3) is 0.526. The van der Waals surface area contributed by atoms with E-state index in [1.165, 1.54) is 24.8 Å². The number of ether oxygens (including phenoxy) is 1. The zero-order valence-electron chi connectivity index (χ0n) is 13.1. The smallest absolute Gasteiger partial charge is 0.336 e. The van der Waals surface area contributed by atoms with Crippen molar-refractivity contribution >= 4 is 11.0 Å². The van der Waals surface area contributed by atoms with E-state index in [1.54, 1.807) is 6.07 Å². The van der Waals surface area contributed by atoms with Crippen molar-refractivity contribution in [2.24, 2.45) is 0 Å². The average Bonchev–Trinajstić information content (AvgIpc) is 2.53. The second-order valence-electron chi connectivity index (χ2n) is 6.75. The minimum absolute atomic E-state index is 0.0294. The van der Waals surface area contributed by atoms with Crippen LogP contribution in [0.15, 0.2) is 27.4 Å². The summed E-state index contributed by atoms with van der Waals surface area (Å²) < 4.78 is 11.8. The predicted molar refractivity (Wildman–Crippen MR) is 86.6 cm³/mol. The van der Waals surface area contributed by atoms with Gasteiger partial charge in [-0.2, -0.15) is 0 Å². The summed E-state index contributed by atoms with van der Waals surface area (Å²) in [6, 6.07) is 5.73. The first-order chi connectivity index (χ1) is 10.7. The number of fused-ring (bicyclic) bond motifs is 2. The summed E-state index contributed by atoms with van der Waals surface area (Å²) in [6.45, 7) is 2.07. The second-order valence-corrected chi connectivity index (χ2v) is 6.75. The van der Waals surface area contributed by atoms with Crippen LogP contribution < -0.4 is 10.4 Å². The van der Waals surface area contributed by atoms with Crippen molar-refractivity contribution in [2.75, 3.05) is 0 Å². The molecule has 2 aliphatic rings. The van der Waals surface area contributed by atoms with Crippen molar-refractivity contribution < 1.29 is 9.15 Å². The molecule has 3 nitrogen and oxygen atoms in total. The normalized spacial score (nSPS) is 19.9. The van der Waals surface area contributed by atoms with Gasteiger partial charge in [-0.05, 0) is 62.1 Å². The third-order valence-electron chi connectivity index (χ3n) is 5.33. The molecule has 1 spiro atoms. The minimum Gasteiger partial charge on any atom is -0.487 e. The van der Waals surface area contributed by atoms with Crippen molar-refractivity contribution in [3.05, 3.63) is 39.7 Å². The van der Waals surface area contributed by atoms with Crippen molar-refractivity contribution in [1.82, 2.24) is 0 Å². The molecule has 0 radical (unpaired) electrons. The molecule has 2 heterocycles. The van der Waals surface area contributed by atoms with Crippen LogP contribution in [0.4, 0.5) is 0 Å². The van der Waals surface area contributed by atoms with Crippen LogP contribution >= 0.6 is 0 Å². The maximum absolute atomic E-state index is 11.7. The fourth-order valence-electron chi connectivity index (χ4n) is 4.08. The molecule has 0 unspecified atom stereocenters. The quantitative estimate of drug-likeness (QED) is 0.733. The van der Waals surface area contributed by atoms with Gasteiger partial charge in [-0.3, -0.25) is 0 Å². The molecule has 0 atom stereocenters. The largest absolute Gasteiger partial charge is 0.487 e. The zero-order chi connectivity index (χ0) is 15.2. The highest BCUT2D eigenvalue weighted by Gasteiger charge is 2.37. The molecule has 0 N–H and O–H groups in total. The fourth-order valence-corrected chi connectivity index (χ4v) is 4.08. The van der Waals surface area contributed by atoms with E-state index in [1.807, 2.05) is 6.07 Å². The van der Waals surface area contributed by atoms with Crippen LogP contribution in [0.3, 0.4) is 0 Å². The van der Waals surface area contributed by atoms with E-state index in [-0.39, 0.29) is 11.2 Å². The molecular formula is C19H22O3. The first kappa shape index (κ1) is 13.9. The lowest BCUT2D eigenvalue weighted by atomic mass is 9.79. The summed E-state index contributed by atoms with van der Waals surface area (Å²) in [6.07, 6.45) is 9.18. The maximum atomic E-state index is 11.7. The van der Waals surface area contributed by atoms with E-state index in [0.717, 1.165) is 48.8 Å². The lowest BCUT2D eigenvalue weighted by Crippen LogP contribution is -2.41. The molecule has 116 valence electrons. The Morgan fingerprint density at radius 2 is 1.91 bits per heavy atom. The van der Waals surface area contributed by atoms with E-state index in [4.69, 9.17) is 9.15 Å². The van der Waals surface area contributed by atoms with Crippen molar-refractivity contribution in [1.29, 1.82) is 0 Å². The van der Waals surface area contributed by atoms with Gasteiger partial charge in [0.1, 0.15) is 16.9 Å². The van der Waals surface area contributed by atoms with Crippen LogP contribution in [0, 0.1) is 0 Å². The molecule has 1 aliphatic heterocycles. The van der Waals surface area contributed by atoms with Crippen LogP contribution in [-0.4, -0.2) is 5.60 Å². The SMILES string of the molecule is CCc1cc(=O)oc2cc3c(cc12)CCC1(CCCCC1)O3. The summed E-state index contributed by atoms with van der Waals surface area (Å²) in [7, 11) is 0. The first-order valence-electron chi connectivity index (χ1n) is 8.48. The molecule has 22 heavy (non-hydrogen) atoms. The zero-order valence-corrected chi connectivity index (χ0v) is 13.1. The van der Waals surface area contributed by atoms with Gasteiger partial charge in [-0.15, -0.1) is 0 Å². The van der Waals surface area contributed by atoms with Gasteiger partial charge in [0.2, 0.25) is 0 Å². The summed E-state index contributed by atoms with van der Waals surface area (Å²) in [4.78, 5) is 11.7. The van der Waals surface area contributed by atoms with Gasteiger partial charge in [0.05, 0.1) is 0 Å². The average molecular weight is 298 g/mol. The van der Waals surface area contributed by atoms with Gasteiger partial charge < -0.3 is 9.15 Å². The lowest BCUT2D eigenvalue weighted by Gasteiger charge is -2.41. The lowest BCUT2D eigenvalue weighted by molar-refractivity contribution is 0.0109. The van der Waals surface area contributed by atoms with E-state index in [9.17, 15) is 4.79 Å². The molecule has 2 aromatic rings. The highest BCUT2D eigenvalue weighted by Crippen LogP contribution is 2.43. The maximum Gasteiger partial charge on any atom is 0.336 e. The molecule has 0 bridgehead atoms. The molecule has 0 amide bonds. The summed E-state index contributed by atoms with van der Waals surface area (Å²) in [5, 5.41) is 1.06. The van der Waals surface area contributed by atoms with Crippen molar-refractivity contribution in [2.45, 2.75) is 63.9 Å². The predicted octanol–water partition coefficient (Wildman–Crippen LogP) is 4.38. The summed E-state index contributed by atoms with van der Waals surface area (Å²) >= 11 is 0. The van der Waals surface area contributed by atoms with Crippen LogP contribution in [-0.2, 0) is 12.8 Å². The number of hydrogen-bond acceptors (Lipinski definition) is 3. The van der Waals surface area contributed by atoms with Crippen molar-refractivity contribution in [3.8, 4) is 5.75 Å². The van der Waals surface area contributed by atoms with E-state index in [0.29, 0.717) is 5.58 Å². The summed E-state index contributed by atoms with van der Waals surface area (Å²) in [5.74, 6) is 0.928. The number of benzene rings is 1. The standard InChI is InChI=1S/C19H22O3/c1-2-13-11-18(20)21-17-12-16-14(10-15(13)17)6-9-19(22-16)7-4-3-5-8-19/h10-12H,2-9H2,1H3. The Morgan fingerprint density at radius 3 is 2.68 bits per heavy atom. The molecule has 1 aromatic carbocycles. The minimum atomic E-state index is -0.271. The number of aryl methyl sites for hydroxylation is 2. The topological polar surface area (TPSA) is 39.4 Å². The third kappa shape index (κ3) is 2.23. The molecule has 1 aliphatic carbocycles. The second kappa shape index (κ2) is 5.15. The molecule has 3 heteroatoms. The summed E-state index contributed by atoms with van der Waals surface area (Å²) in [5.41, 5.74) is 2.74.